The number of benzene rings is 7. The molecule has 0 aliphatic rings. The lowest BCUT2D eigenvalue weighted by molar-refractivity contribution is 1.16. The van der Waals surface area contributed by atoms with E-state index in [-0.39, 0.29) is 0 Å². The standard InChI is InChI=1S/C43H27N3/c1-44-31-14-12-13-29(27-31)30-25-26-43(46-40-22-9-4-17-34(40)35-18-5-10-23-41(35)46)37(28-30)36-19-6-11-24-42(36)45-38-20-7-2-15-32(38)33-16-3-8-21-39(33)45/h2-28H. The Labute approximate surface area is 266 Å². The largest absolute Gasteiger partial charge is 0.309 e. The van der Waals surface area contributed by atoms with E-state index < -0.39 is 0 Å². The second-order valence-corrected chi connectivity index (χ2v) is 11.7. The Morgan fingerprint density at radius 1 is 0.370 bits per heavy atom. The van der Waals surface area contributed by atoms with E-state index in [2.05, 4.69) is 160 Å². The van der Waals surface area contributed by atoms with Gasteiger partial charge in [-0.25, -0.2) is 4.85 Å². The van der Waals surface area contributed by atoms with Crippen molar-refractivity contribution >= 4 is 49.3 Å². The van der Waals surface area contributed by atoms with Gasteiger partial charge >= 0.3 is 0 Å². The lowest BCUT2D eigenvalue weighted by Crippen LogP contribution is -2.01. The number of rotatable bonds is 4. The van der Waals surface area contributed by atoms with E-state index >= 15 is 0 Å². The second-order valence-electron chi connectivity index (χ2n) is 11.7. The summed E-state index contributed by atoms with van der Waals surface area (Å²) >= 11 is 0. The van der Waals surface area contributed by atoms with E-state index in [1.165, 1.54) is 43.6 Å². The van der Waals surface area contributed by atoms with Crippen molar-refractivity contribution in [2.24, 2.45) is 0 Å². The Balaban J connectivity index is 1.40. The molecule has 0 saturated carbocycles. The highest BCUT2D eigenvalue weighted by Gasteiger charge is 2.20. The maximum atomic E-state index is 7.62. The van der Waals surface area contributed by atoms with Crippen LogP contribution in [-0.2, 0) is 0 Å². The molecule has 0 bridgehead atoms. The molecule has 46 heavy (non-hydrogen) atoms. The van der Waals surface area contributed by atoms with Crippen LogP contribution in [0.4, 0.5) is 5.69 Å². The molecule has 0 saturated heterocycles. The van der Waals surface area contributed by atoms with E-state index in [4.69, 9.17) is 6.57 Å². The van der Waals surface area contributed by atoms with E-state index in [9.17, 15) is 0 Å². The monoisotopic (exact) mass is 585 g/mol. The average Bonchev–Trinajstić information content (AvgIpc) is 3.64. The molecule has 0 aliphatic carbocycles. The number of para-hydroxylation sites is 5. The minimum Gasteiger partial charge on any atom is -0.309 e. The molecule has 0 atom stereocenters. The van der Waals surface area contributed by atoms with Gasteiger partial charge in [0.2, 0.25) is 0 Å². The van der Waals surface area contributed by atoms with Crippen LogP contribution in [-0.4, -0.2) is 9.13 Å². The Kier molecular flexibility index (Phi) is 5.88. The maximum absolute atomic E-state index is 7.62. The number of hydrogen-bond donors (Lipinski definition) is 0. The van der Waals surface area contributed by atoms with Crippen LogP contribution < -0.4 is 0 Å². The smallest absolute Gasteiger partial charge is 0.187 e. The highest BCUT2D eigenvalue weighted by Crippen LogP contribution is 2.42. The maximum Gasteiger partial charge on any atom is 0.187 e. The van der Waals surface area contributed by atoms with Gasteiger partial charge in [-0.3, -0.25) is 0 Å². The van der Waals surface area contributed by atoms with Crippen LogP contribution in [0, 0.1) is 6.57 Å². The Morgan fingerprint density at radius 2 is 0.826 bits per heavy atom. The Hall–Kier alpha value is -6.37. The molecular weight excluding hydrogens is 558 g/mol. The summed E-state index contributed by atoms with van der Waals surface area (Å²) < 4.78 is 4.81. The van der Waals surface area contributed by atoms with Crippen LogP contribution in [0.1, 0.15) is 0 Å². The molecule has 2 aromatic heterocycles. The first-order valence-electron chi connectivity index (χ1n) is 15.5. The predicted molar refractivity (Wildman–Crippen MR) is 192 cm³/mol. The summed E-state index contributed by atoms with van der Waals surface area (Å²) in [6, 6.07) is 58.0. The summed E-state index contributed by atoms with van der Waals surface area (Å²) in [5.74, 6) is 0. The number of aromatic nitrogens is 2. The topological polar surface area (TPSA) is 14.2 Å². The molecule has 3 heteroatoms. The van der Waals surface area contributed by atoms with Gasteiger partial charge in [-0.15, -0.1) is 0 Å². The fourth-order valence-corrected chi connectivity index (χ4v) is 7.14. The molecule has 0 amide bonds. The predicted octanol–water partition coefficient (Wildman–Crippen LogP) is 11.8. The average molecular weight is 586 g/mol. The van der Waals surface area contributed by atoms with E-state index in [0.29, 0.717) is 5.69 Å². The van der Waals surface area contributed by atoms with Gasteiger partial charge in [-0.05, 0) is 59.7 Å². The van der Waals surface area contributed by atoms with Crippen molar-refractivity contribution in [2.45, 2.75) is 0 Å². The molecule has 0 aliphatic heterocycles. The van der Waals surface area contributed by atoms with Gasteiger partial charge < -0.3 is 9.13 Å². The van der Waals surface area contributed by atoms with Gasteiger partial charge in [0.05, 0.1) is 40.0 Å². The molecule has 3 nitrogen and oxygen atoms in total. The SMILES string of the molecule is [C-]#[N+]c1cccc(-c2ccc(-n3c4ccccc4c4ccccc43)c(-c3ccccc3-n3c4ccccc4c4ccccc43)c2)c1. The Morgan fingerprint density at radius 3 is 1.37 bits per heavy atom. The van der Waals surface area contributed by atoms with E-state index in [1.807, 2.05) is 18.2 Å². The summed E-state index contributed by atoms with van der Waals surface area (Å²) in [5, 5.41) is 4.93. The minimum absolute atomic E-state index is 0.635. The van der Waals surface area contributed by atoms with Gasteiger partial charge in [0.15, 0.2) is 5.69 Å². The van der Waals surface area contributed by atoms with Gasteiger partial charge in [-0.1, -0.05) is 115 Å². The van der Waals surface area contributed by atoms with E-state index in [1.54, 1.807) is 0 Å². The molecule has 0 spiro atoms. The van der Waals surface area contributed by atoms with E-state index in [0.717, 1.165) is 33.6 Å². The van der Waals surface area contributed by atoms with Crippen LogP contribution in [0.25, 0.3) is 82.1 Å². The first-order valence-corrected chi connectivity index (χ1v) is 15.5. The second kappa shape index (κ2) is 10.4. The van der Waals surface area contributed by atoms with Gasteiger partial charge in [-0.2, -0.15) is 0 Å². The lowest BCUT2D eigenvalue weighted by atomic mass is 9.95. The molecule has 0 unspecified atom stereocenters. The number of hydrogen-bond acceptors (Lipinski definition) is 0. The van der Waals surface area contributed by atoms with Crippen LogP contribution >= 0.6 is 0 Å². The van der Waals surface area contributed by atoms with Gasteiger partial charge in [0.25, 0.3) is 0 Å². The van der Waals surface area contributed by atoms with Gasteiger partial charge in [0.1, 0.15) is 0 Å². The lowest BCUT2D eigenvalue weighted by Gasteiger charge is -2.20. The van der Waals surface area contributed by atoms with Crippen LogP contribution in [0.2, 0.25) is 0 Å². The molecule has 2 heterocycles. The highest BCUT2D eigenvalue weighted by atomic mass is 15.0. The molecule has 214 valence electrons. The van der Waals surface area contributed by atoms with Gasteiger partial charge in [0, 0.05) is 32.7 Å². The number of nitrogens with zero attached hydrogens (tertiary/aromatic N) is 3. The molecule has 0 fully saturated rings. The summed E-state index contributed by atoms with van der Waals surface area (Å²) in [6.45, 7) is 7.62. The minimum atomic E-state index is 0.635. The highest BCUT2D eigenvalue weighted by molar-refractivity contribution is 6.11. The van der Waals surface area contributed by atoms with Crippen molar-refractivity contribution in [1.82, 2.24) is 9.13 Å². The summed E-state index contributed by atoms with van der Waals surface area (Å²) in [4.78, 5) is 3.71. The first kappa shape index (κ1) is 26.1. The van der Waals surface area contributed by atoms with Crippen molar-refractivity contribution in [3.05, 3.63) is 175 Å². The summed E-state index contributed by atoms with van der Waals surface area (Å²) in [5.41, 5.74) is 11.9. The molecule has 0 radical (unpaired) electrons. The molecule has 9 rings (SSSR count). The van der Waals surface area contributed by atoms with Crippen LogP contribution in [0.3, 0.4) is 0 Å². The third kappa shape index (κ3) is 3.91. The summed E-state index contributed by atoms with van der Waals surface area (Å²) in [7, 11) is 0. The molecule has 9 aromatic rings. The normalized spacial score (nSPS) is 11.5. The van der Waals surface area contributed by atoms with Crippen molar-refractivity contribution in [3.8, 4) is 33.6 Å². The molecule has 0 N–H and O–H groups in total. The zero-order valence-electron chi connectivity index (χ0n) is 24.9. The molecule has 7 aromatic carbocycles. The van der Waals surface area contributed by atoms with Crippen LogP contribution in [0.15, 0.2) is 164 Å². The quantitative estimate of drug-likeness (QED) is 0.182. The van der Waals surface area contributed by atoms with Crippen molar-refractivity contribution in [1.29, 1.82) is 0 Å². The summed E-state index contributed by atoms with van der Waals surface area (Å²) in [6.07, 6.45) is 0. The van der Waals surface area contributed by atoms with Crippen molar-refractivity contribution in [3.63, 3.8) is 0 Å². The fourth-order valence-electron chi connectivity index (χ4n) is 7.14. The third-order valence-corrected chi connectivity index (χ3v) is 9.14. The zero-order valence-corrected chi connectivity index (χ0v) is 24.9. The zero-order chi connectivity index (χ0) is 30.6. The first-order chi connectivity index (χ1) is 22.8. The number of fused-ring (bicyclic) bond motifs is 6. The Bertz CT molecular complexity index is 2560. The van der Waals surface area contributed by atoms with Crippen molar-refractivity contribution < 1.29 is 0 Å². The molecular formula is C43H27N3. The van der Waals surface area contributed by atoms with Crippen LogP contribution in [0.5, 0.6) is 0 Å². The third-order valence-electron chi connectivity index (χ3n) is 9.14. The van der Waals surface area contributed by atoms with Crippen molar-refractivity contribution in [2.75, 3.05) is 0 Å². The fraction of sp³-hybridized carbons (Fsp3) is 0.